The van der Waals surface area contributed by atoms with Crippen LogP contribution >= 0.6 is 0 Å². The Bertz CT molecular complexity index is 1470. The van der Waals surface area contributed by atoms with Gasteiger partial charge < -0.3 is 4.58 Å². The van der Waals surface area contributed by atoms with Gasteiger partial charge in [0.05, 0.1) is 19.4 Å². The van der Waals surface area contributed by atoms with Crippen molar-refractivity contribution in [1.29, 1.82) is 0 Å². The molecule has 0 atom stereocenters. The third kappa shape index (κ3) is 3.50. The van der Waals surface area contributed by atoms with Gasteiger partial charge in [0, 0.05) is 18.7 Å². The number of hydrogen-bond donors (Lipinski definition) is 0. The Morgan fingerprint density at radius 3 is 2.31 bits per heavy atom. The molecular formula is C29H35N3. The molecule has 2 aromatic carbocycles. The van der Waals surface area contributed by atoms with Gasteiger partial charge in [-0.05, 0) is 29.8 Å². The van der Waals surface area contributed by atoms with Gasteiger partial charge in [0.25, 0.3) is 0 Å². The SMILES string of the molecule is [2H]C([2H])([2H])C(=CC)C1=[C-][N+](=c2n(C)ccn2-c2c(C([2H])(C)C)cccc2C([2H])(C)C)c2c(C)cccc21. The van der Waals surface area contributed by atoms with Crippen molar-refractivity contribution in [3.8, 4) is 5.69 Å². The highest BCUT2D eigenvalue weighted by molar-refractivity contribution is 5.88. The minimum atomic E-state index is -2.29. The third-order valence-electron chi connectivity index (χ3n) is 6.04. The van der Waals surface area contributed by atoms with E-state index in [1.807, 2.05) is 104 Å². The van der Waals surface area contributed by atoms with Crippen LogP contribution < -0.4 is 10.2 Å². The Balaban J connectivity index is 2.21. The minimum Gasteiger partial charge on any atom is -0.303 e. The second kappa shape index (κ2) is 8.46. The largest absolute Gasteiger partial charge is 0.309 e. The van der Waals surface area contributed by atoms with Gasteiger partial charge in [-0.25, -0.2) is 4.57 Å². The third-order valence-corrected chi connectivity index (χ3v) is 6.04. The molecule has 0 saturated carbocycles. The fourth-order valence-corrected chi connectivity index (χ4v) is 4.41. The van der Waals surface area contributed by atoms with E-state index in [1.165, 1.54) is 0 Å². The molecule has 0 N–H and O–H groups in total. The molecule has 3 heteroatoms. The molecule has 1 aliphatic rings. The number of para-hydroxylation sites is 2. The van der Waals surface area contributed by atoms with Gasteiger partial charge >= 0.3 is 5.62 Å². The van der Waals surface area contributed by atoms with Crippen LogP contribution in [0.1, 0.15) is 82.4 Å². The molecule has 0 unspecified atom stereocenters. The minimum absolute atomic E-state index is 0.253. The molecular weight excluding hydrogens is 390 g/mol. The van der Waals surface area contributed by atoms with Crippen LogP contribution in [0.2, 0.25) is 0 Å². The Labute approximate surface area is 199 Å². The van der Waals surface area contributed by atoms with Gasteiger partial charge in [-0.1, -0.05) is 94.6 Å². The lowest BCUT2D eigenvalue weighted by Crippen LogP contribution is -2.35. The standard InChI is InChI=1S/C29H35N3/c1-9-21(6)26-18-32(27-22(7)12-10-15-25(26)27)29-30(8)16-17-31(29)28-23(19(2)3)13-11-14-24(28)20(4)5/h9-17,19-20H,1-8H3/i6D3,19D,20D. The molecule has 0 saturated heterocycles. The fraction of sp³-hybridized carbons (Fsp3) is 0.345. The Hall–Kier alpha value is -3.07. The lowest BCUT2D eigenvalue weighted by atomic mass is 9.92. The Morgan fingerprint density at radius 2 is 1.72 bits per heavy atom. The van der Waals surface area contributed by atoms with Gasteiger partial charge in [-0.3, -0.25) is 4.57 Å². The van der Waals surface area contributed by atoms with Crippen molar-refractivity contribution in [3.05, 3.63) is 94.5 Å². The van der Waals surface area contributed by atoms with E-state index in [0.29, 0.717) is 5.57 Å². The van der Waals surface area contributed by atoms with Crippen molar-refractivity contribution >= 4 is 11.3 Å². The zero-order chi connectivity index (χ0) is 27.5. The van der Waals surface area contributed by atoms with Crippen LogP contribution in [-0.2, 0) is 7.05 Å². The molecule has 166 valence electrons. The second-order valence-electron chi connectivity index (χ2n) is 8.78. The number of benzene rings is 2. The predicted octanol–water partition coefficient (Wildman–Crippen LogP) is 6.60. The second-order valence-corrected chi connectivity index (χ2v) is 8.78. The number of hydrogen-bond acceptors (Lipinski definition) is 0. The number of imidazole rings is 1. The highest BCUT2D eigenvalue weighted by Crippen LogP contribution is 2.37. The highest BCUT2D eigenvalue weighted by Gasteiger charge is 2.23. The van der Waals surface area contributed by atoms with Crippen molar-refractivity contribution in [2.45, 2.75) is 60.2 Å². The molecule has 1 aliphatic heterocycles. The number of fused-ring (bicyclic) bond motifs is 1. The van der Waals surface area contributed by atoms with Gasteiger partial charge in [-0.15, -0.1) is 11.6 Å². The lowest BCUT2D eigenvalue weighted by molar-refractivity contribution is 0.695. The smallest absolute Gasteiger partial charge is 0.303 e. The van der Waals surface area contributed by atoms with Crippen LogP contribution in [0.5, 0.6) is 0 Å². The molecule has 0 amide bonds. The van der Waals surface area contributed by atoms with E-state index in [2.05, 4.69) is 6.20 Å². The molecule has 0 aliphatic carbocycles. The fourth-order valence-electron chi connectivity index (χ4n) is 4.41. The van der Waals surface area contributed by atoms with E-state index in [4.69, 9.17) is 6.85 Å². The maximum absolute atomic E-state index is 8.90. The molecule has 3 nitrogen and oxygen atoms in total. The van der Waals surface area contributed by atoms with Crippen LogP contribution in [0, 0.1) is 13.1 Å². The first-order valence-electron chi connectivity index (χ1n) is 13.5. The first-order valence-corrected chi connectivity index (χ1v) is 11.0. The normalized spacial score (nSPS) is 18.9. The lowest BCUT2D eigenvalue weighted by Gasteiger charge is -2.19. The first-order chi connectivity index (χ1) is 17.1. The van der Waals surface area contributed by atoms with Crippen LogP contribution in [0.15, 0.2) is 60.4 Å². The van der Waals surface area contributed by atoms with Gasteiger partial charge in [0.15, 0.2) is 0 Å². The van der Waals surface area contributed by atoms with Crippen molar-refractivity contribution in [2.75, 3.05) is 0 Å². The van der Waals surface area contributed by atoms with Crippen LogP contribution in [0.3, 0.4) is 0 Å². The number of nitrogens with zero attached hydrogens (tertiary/aromatic N) is 3. The van der Waals surface area contributed by atoms with Gasteiger partial charge in [0.1, 0.15) is 5.69 Å². The average molecular weight is 431 g/mol. The molecule has 32 heavy (non-hydrogen) atoms. The molecule has 0 bridgehead atoms. The van der Waals surface area contributed by atoms with E-state index in [-0.39, 0.29) is 5.57 Å². The van der Waals surface area contributed by atoms with Crippen LogP contribution in [0.4, 0.5) is 5.69 Å². The summed E-state index contributed by atoms with van der Waals surface area (Å²) in [4.78, 5) is 0. The quantitative estimate of drug-likeness (QED) is 0.327. The summed E-state index contributed by atoms with van der Waals surface area (Å²) in [5.74, 6) is -1.83. The molecule has 0 radical (unpaired) electrons. The first kappa shape index (κ1) is 16.5. The summed E-state index contributed by atoms with van der Waals surface area (Å²) in [6.45, 7) is 8.86. The van der Waals surface area contributed by atoms with Crippen molar-refractivity contribution in [1.82, 2.24) is 13.7 Å². The summed E-state index contributed by atoms with van der Waals surface area (Å²) in [7, 11) is 1.93. The summed E-state index contributed by atoms with van der Waals surface area (Å²) in [5.41, 5.74) is 6.58. The van der Waals surface area contributed by atoms with E-state index in [0.717, 1.165) is 39.2 Å². The van der Waals surface area contributed by atoms with E-state index >= 15 is 0 Å². The summed E-state index contributed by atoms with van der Waals surface area (Å²) in [6, 6.07) is 11.7. The maximum Gasteiger partial charge on any atom is 0.309 e. The zero-order valence-corrected chi connectivity index (χ0v) is 20.0. The van der Waals surface area contributed by atoms with Crippen molar-refractivity contribution in [2.24, 2.45) is 7.05 Å². The average Bonchev–Trinajstić information content (AvgIpc) is 3.33. The van der Waals surface area contributed by atoms with E-state index in [9.17, 15) is 0 Å². The predicted molar refractivity (Wildman–Crippen MR) is 135 cm³/mol. The number of aromatic nitrogens is 2. The van der Waals surface area contributed by atoms with Gasteiger partial charge in [-0.2, -0.15) is 0 Å². The zero-order valence-electron chi connectivity index (χ0n) is 25.0. The van der Waals surface area contributed by atoms with E-state index in [1.54, 1.807) is 13.0 Å². The molecule has 0 spiro atoms. The summed E-state index contributed by atoms with van der Waals surface area (Å²) < 4.78 is 48.1. The molecule has 2 heterocycles. The van der Waals surface area contributed by atoms with Gasteiger partial charge in [0.2, 0.25) is 0 Å². The molecule has 1 aromatic heterocycles. The monoisotopic (exact) mass is 430 g/mol. The van der Waals surface area contributed by atoms with Crippen molar-refractivity contribution < 1.29 is 6.85 Å². The molecule has 4 rings (SSSR count). The topological polar surface area (TPSA) is 12.9 Å². The summed E-state index contributed by atoms with van der Waals surface area (Å²) in [6.07, 6.45) is 8.92. The number of allylic oxidation sites excluding steroid dienone is 3. The summed E-state index contributed by atoms with van der Waals surface area (Å²) >= 11 is 0. The van der Waals surface area contributed by atoms with Crippen molar-refractivity contribution in [3.63, 3.8) is 0 Å². The molecule has 3 aromatic rings. The maximum atomic E-state index is 8.90. The van der Waals surface area contributed by atoms with Crippen LogP contribution in [-0.4, -0.2) is 9.13 Å². The number of rotatable bonds is 4. The highest BCUT2D eigenvalue weighted by atomic mass is 15.2. The Morgan fingerprint density at radius 1 is 1.06 bits per heavy atom. The summed E-state index contributed by atoms with van der Waals surface area (Å²) in [5, 5.41) is 0. The molecule has 0 fully saturated rings. The van der Waals surface area contributed by atoms with E-state index < -0.39 is 18.6 Å². The number of aryl methyl sites for hydroxylation is 2. The Kier molecular flexibility index (Phi) is 4.37. The van der Waals surface area contributed by atoms with Crippen LogP contribution in [0.25, 0.3) is 11.3 Å².